The SMILES string of the molecule is CCCCC/C=C\CC1(O)C=C(Cl)C(=O)C1C(/C=C/CCCC(=O)OC)OC(C)=O. The molecule has 7 heteroatoms. The van der Waals surface area contributed by atoms with Crippen molar-refractivity contribution in [3.8, 4) is 0 Å². The summed E-state index contributed by atoms with van der Waals surface area (Å²) < 4.78 is 9.94. The third-order valence-corrected chi connectivity index (χ3v) is 5.25. The summed E-state index contributed by atoms with van der Waals surface area (Å²) in [5.74, 6) is -2.34. The highest BCUT2D eigenvalue weighted by atomic mass is 35.5. The normalized spacial score (nSPS) is 22.5. The van der Waals surface area contributed by atoms with Gasteiger partial charge in [-0.3, -0.25) is 14.4 Å². The third-order valence-electron chi connectivity index (χ3n) is 4.95. The van der Waals surface area contributed by atoms with Gasteiger partial charge in [0.25, 0.3) is 0 Å². The first kappa shape index (κ1) is 26.1. The van der Waals surface area contributed by atoms with Gasteiger partial charge in [-0.2, -0.15) is 0 Å². The van der Waals surface area contributed by atoms with E-state index < -0.39 is 29.4 Å². The molecule has 0 aromatic carbocycles. The van der Waals surface area contributed by atoms with Crippen LogP contribution in [0.5, 0.6) is 0 Å². The number of hydrogen-bond donors (Lipinski definition) is 1. The molecule has 0 fully saturated rings. The first-order chi connectivity index (χ1) is 14.2. The van der Waals surface area contributed by atoms with Crippen LogP contribution in [0.1, 0.15) is 65.2 Å². The number of Topliss-reactive ketones (excluding diaryl/α,β-unsaturated/α-hetero) is 1. The Morgan fingerprint density at radius 3 is 2.57 bits per heavy atom. The molecule has 0 saturated heterocycles. The summed E-state index contributed by atoms with van der Waals surface area (Å²) >= 11 is 6.05. The van der Waals surface area contributed by atoms with E-state index in [-0.39, 0.29) is 23.8 Å². The average molecular weight is 441 g/mol. The molecule has 168 valence electrons. The van der Waals surface area contributed by atoms with Crippen LogP contribution in [0.15, 0.2) is 35.4 Å². The lowest BCUT2D eigenvalue weighted by Crippen LogP contribution is -2.44. The molecule has 30 heavy (non-hydrogen) atoms. The summed E-state index contributed by atoms with van der Waals surface area (Å²) in [6, 6.07) is 0. The van der Waals surface area contributed by atoms with Crippen LogP contribution in [0.4, 0.5) is 0 Å². The van der Waals surface area contributed by atoms with Gasteiger partial charge in [-0.05, 0) is 44.3 Å². The monoisotopic (exact) mass is 440 g/mol. The van der Waals surface area contributed by atoms with Crippen molar-refractivity contribution < 1.29 is 29.0 Å². The van der Waals surface area contributed by atoms with Gasteiger partial charge in [-0.25, -0.2) is 0 Å². The number of esters is 2. The average Bonchev–Trinajstić information content (AvgIpc) is 2.91. The van der Waals surface area contributed by atoms with Crippen molar-refractivity contribution in [1.29, 1.82) is 0 Å². The lowest BCUT2D eigenvalue weighted by molar-refractivity contribution is -0.152. The van der Waals surface area contributed by atoms with Gasteiger partial charge in [-0.1, -0.05) is 49.6 Å². The fourth-order valence-corrected chi connectivity index (χ4v) is 3.69. The van der Waals surface area contributed by atoms with E-state index in [0.717, 1.165) is 25.7 Å². The van der Waals surface area contributed by atoms with Gasteiger partial charge in [0.1, 0.15) is 11.7 Å². The molecule has 0 bridgehead atoms. The summed E-state index contributed by atoms with van der Waals surface area (Å²) in [4.78, 5) is 35.5. The van der Waals surface area contributed by atoms with E-state index in [2.05, 4.69) is 11.7 Å². The van der Waals surface area contributed by atoms with Crippen LogP contribution < -0.4 is 0 Å². The van der Waals surface area contributed by atoms with E-state index in [9.17, 15) is 19.5 Å². The maximum absolute atomic E-state index is 12.7. The largest absolute Gasteiger partial charge is 0.469 e. The molecular formula is C23H33ClO6. The Morgan fingerprint density at radius 1 is 1.23 bits per heavy atom. The van der Waals surface area contributed by atoms with Crippen molar-refractivity contribution in [2.24, 2.45) is 5.92 Å². The molecule has 0 radical (unpaired) electrons. The number of allylic oxidation sites excluding steroid dienone is 3. The maximum atomic E-state index is 12.7. The second-order valence-corrected chi connectivity index (χ2v) is 7.87. The smallest absolute Gasteiger partial charge is 0.305 e. The molecule has 0 spiro atoms. The minimum atomic E-state index is -1.54. The van der Waals surface area contributed by atoms with E-state index in [1.807, 2.05) is 12.2 Å². The summed E-state index contributed by atoms with van der Waals surface area (Å²) in [5, 5.41) is 11.1. The molecule has 0 aliphatic heterocycles. The molecule has 0 saturated carbocycles. The molecule has 3 unspecified atom stereocenters. The second kappa shape index (κ2) is 13.4. The molecule has 1 rings (SSSR count). The topological polar surface area (TPSA) is 89.9 Å². The first-order valence-electron chi connectivity index (χ1n) is 10.5. The van der Waals surface area contributed by atoms with Gasteiger partial charge in [0.15, 0.2) is 5.78 Å². The van der Waals surface area contributed by atoms with Gasteiger partial charge in [-0.15, -0.1) is 0 Å². The maximum Gasteiger partial charge on any atom is 0.305 e. The number of ketones is 1. The van der Waals surface area contributed by atoms with Crippen molar-refractivity contribution in [1.82, 2.24) is 0 Å². The Hall–Kier alpha value is -1.92. The van der Waals surface area contributed by atoms with Crippen LogP contribution >= 0.6 is 11.6 Å². The molecule has 0 heterocycles. The molecule has 1 aliphatic rings. The summed E-state index contributed by atoms with van der Waals surface area (Å²) in [5.41, 5.74) is -1.54. The summed E-state index contributed by atoms with van der Waals surface area (Å²) in [7, 11) is 1.33. The minimum absolute atomic E-state index is 0.0573. The number of hydrogen-bond acceptors (Lipinski definition) is 6. The zero-order chi connectivity index (χ0) is 22.6. The Morgan fingerprint density at radius 2 is 1.93 bits per heavy atom. The van der Waals surface area contributed by atoms with Gasteiger partial charge in [0.05, 0.1) is 18.1 Å². The Labute approximate surface area is 184 Å². The molecule has 0 aromatic heterocycles. The molecular weight excluding hydrogens is 408 g/mol. The third kappa shape index (κ3) is 8.44. The van der Waals surface area contributed by atoms with Crippen molar-refractivity contribution >= 4 is 29.3 Å². The van der Waals surface area contributed by atoms with Crippen LogP contribution in [0.3, 0.4) is 0 Å². The first-order valence-corrected chi connectivity index (χ1v) is 10.8. The fraction of sp³-hybridized carbons (Fsp3) is 0.609. The number of unbranched alkanes of at least 4 members (excludes halogenated alkanes) is 4. The lowest BCUT2D eigenvalue weighted by atomic mass is 9.82. The van der Waals surface area contributed by atoms with Crippen LogP contribution in [0, 0.1) is 5.92 Å². The lowest BCUT2D eigenvalue weighted by Gasteiger charge is -2.31. The standard InChI is InChI=1S/C23H33ClO6/c1-4-5-6-7-8-12-15-23(28)16-18(24)22(27)21(23)19(30-17(2)25)13-10-9-11-14-20(26)29-3/h8,10,12-13,16,19,21,28H,4-7,9,11,14-15H2,1-3H3/b12-8-,13-10+. The van der Waals surface area contributed by atoms with E-state index in [1.165, 1.54) is 20.1 Å². The molecule has 3 atom stereocenters. The predicted octanol–water partition coefficient (Wildman–Crippen LogP) is 4.40. The highest BCUT2D eigenvalue weighted by molar-refractivity contribution is 6.44. The zero-order valence-corrected chi connectivity index (χ0v) is 18.8. The van der Waals surface area contributed by atoms with Gasteiger partial charge < -0.3 is 14.6 Å². The van der Waals surface area contributed by atoms with Crippen molar-refractivity contribution in [2.45, 2.75) is 76.9 Å². The quantitative estimate of drug-likeness (QED) is 0.259. The number of carbonyl (C=O) groups is 3. The minimum Gasteiger partial charge on any atom is -0.469 e. The van der Waals surface area contributed by atoms with Crippen molar-refractivity contribution in [2.75, 3.05) is 7.11 Å². The van der Waals surface area contributed by atoms with Crippen LogP contribution in [-0.4, -0.2) is 41.6 Å². The summed E-state index contributed by atoms with van der Waals surface area (Å²) in [6.45, 7) is 3.38. The highest BCUT2D eigenvalue weighted by Gasteiger charge is 2.50. The number of rotatable bonds is 13. The van der Waals surface area contributed by atoms with E-state index >= 15 is 0 Å². The predicted molar refractivity (Wildman–Crippen MR) is 116 cm³/mol. The van der Waals surface area contributed by atoms with Crippen molar-refractivity contribution in [3.05, 3.63) is 35.4 Å². The van der Waals surface area contributed by atoms with Gasteiger partial charge in [0.2, 0.25) is 0 Å². The van der Waals surface area contributed by atoms with E-state index in [1.54, 1.807) is 12.2 Å². The van der Waals surface area contributed by atoms with Gasteiger partial charge >= 0.3 is 11.9 Å². The van der Waals surface area contributed by atoms with Crippen molar-refractivity contribution in [3.63, 3.8) is 0 Å². The number of ether oxygens (including phenoxy) is 2. The summed E-state index contributed by atoms with van der Waals surface area (Å²) in [6.07, 6.45) is 13.3. The Bertz CT molecular complexity index is 681. The van der Waals surface area contributed by atoms with E-state index in [4.69, 9.17) is 16.3 Å². The fourth-order valence-electron chi connectivity index (χ4n) is 3.38. The molecule has 0 aromatic rings. The van der Waals surface area contributed by atoms with Crippen LogP contribution in [0.25, 0.3) is 0 Å². The van der Waals surface area contributed by atoms with Crippen LogP contribution in [0.2, 0.25) is 0 Å². The molecule has 1 N–H and O–H groups in total. The Kier molecular flexibility index (Phi) is 11.7. The molecule has 0 amide bonds. The van der Waals surface area contributed by atoms with Gasteiger partial charge in [0, 0.05) is 13.3 Å². The number of methoxy groups -OCH3 is 1. The second-order valence-electron chi connectivity index (χ2n) is 7.47. The van der Waals surface area contributed by atoms with E-state index in [0.29, 0.717) is 12.8 Å². The number of carbonyl (C=O) groups excluding carboxylic acids is 3. The Balaban J connectivity index is 2.88. The number of halogens is 1. The number of aliphatic hydroxyl groups is 1. The zero-order valence-electron chi connectivity index (χ0n) is 18.1. The van der Waals surface area contributed by atoms with Crippen LogP contribution in [-0.2, 0) is 23.9 Å². The highest BCUT2D eigenvalue weighted by Crippen LogP contribution is 2.39. The molecule has 6 nitrogen and oxygen atoms in total. The molecule has 1 aliphatic carbocycles.